The maximum absolute atomic E-state index is 9.12. The summed E-state index contributed by atoms with van der Waals surface area (Å²) in [6.07, 6.45) is -0.0759. The van der Waals surface area contributed by atoms with E-state index in [9.17, 15) is 0 Å². The van der Waals surface area contributed by atoms with E-state index < -0.39 is 0 Å². The number of likely N-dealkylation sites (tertiary alicyclic amines) is 1. The second-order valence-corrected chi connectivity index (χ2v) is 4.37. The molecule has 1 heterocycles. The van der Waals surface area contributed by atoms with Gasteiger partial charge in [-0.25, -0.2) is 0 Å². The fraction of sp³-hybridized carbons (Fsp3) is 1.00. The maximum Gasteiger partial charge on any atom is 0.0794 e. The van der Waals surface area contributed by atoms with Gasteiger partial charge < -0.3 is 5.11 Å². The Morgan fingerprint density at radius 2 is 1.82 bits per heavy atom. The van der Waals surface area contributed by atoms with Crippen molar-refractivity contribution in [3.63, 3.8) is 0 Å². The third kappa shape index (κ3) is 1.57. The molecular weight excluding hydrogens is 138 g/mol. The van der Waals surface area contributed by atoms with Gasteiger partial charge in [0.05, 0.1) is 6.10 Å². The van der Waals surface area contributed by atoms with E-state index in [0.29, 0.717) is 5.92 Å². The fourth-order valence-corrected chi connectivity index (χ4v) is 1.29. The summed E-state index contributed by atoms with van der Waals surface area (Å²) in [6.45, 7) is 10.6. The summed E-state index contributed by atoms with van der Waals surface area (Å²) in [5.74, 6) is 0.648. The Balaban J connectivity index is 2.46. The highest BCUT2D eigenvalue weighted by Gasteiger charge is 2.37. The van der Waals surface area contributed by atoms with Gasteiger partial charge in [0.25, 0.3) is 0 Å². The van der Waals surface area contributed by atoms with Gasteiger partial charge in [-0.05, 0) is 19.8 Å². The van der Waals surface area contributed by atoms with Gasteiger partial charge in [0, 0.05) is 18.6 Å². The zero-order valence-corrected chi connectivity index (χ0v) is 7.96. The van der Waals surface area contributed by atoms with Crippen LogP contribution in [-0.4, -0.2) is 34.7 Å². The highest BCUT2D eigenvalue weighted by atomic mass is 16.3. The van der Waals surface area contributed by atoms with Crippen LogP contribution in [0.15, 0.2) is 0 Å². The Morgan fingerprint density at radius 1 is 1.36 bits per heavy atom. The Labute approximate surface area is 69.2 Å². The molecule has 1 rings (SSSR count). The first-order valence-corrected chi connectivity index (χ1v) is 4.37. The molecule has 0 saturated carbocycles. The van der Waals surface area contributed by atoms with Crippen molar-refractivity contribution in [1.29, 1.82) is 0 Å². The molecule has 0 spiro atoms. The van der Waals surface area contributed by atoms with Crippen LogP contribution in [-0.2, 0) is 0 Å². The molecule has 1 aliphatic heterocycles. The molecule has 0 radical (unpaired) electrons. The smallest absolute Gasteiger partial charge is 0.0794 e. The van der Waals surface area contributed by atoms with E-state index in [1.807, 2.05) is 0 Å². The van der Waals surface area contributed by atoms with Crippen molar-refractivity contribution < 1.29 is 5.11 Å². The van der Waals surface area contributed by atoms with Crippen molar-refractivity contribution in [2.75, 3.05) is 13.1 Å². The molecule has 1 N–H and O–H groups in total. The normalized spacial score (nSPS) is 22.4. The quantitative estimate of drug-likeness (QED) is 0.649. The van der Waals surface area contributed by atoms with Crippen molar-refractivity contribution in [3.8, 4) is 0 Å². The van der Waals surface area contributed by atoms with Gasteiger partial charge in [-0.3, -0.25) is 4.90 Å². The molecule has 2 heteroatoms. The zero-order valence-electron chi connectivity index (χ0n) is 7.96. The molecule has 0 atom stereocenters. The number of aliphatic hydroxyl groups is 1. The highest BCUT2D eigenvalue weighted by Crippen LogP contribution is 2.28. The van der Waals surface area contributed by atoms with Gasteiger partial charge in [-0.1, -0.05) is 13.8 Å². The van der Waals surface area contributed by atoms with Gasteiger partial charge >= 0.3 is 0 Å². The summed E-state index contributed by atoms with van der Waals surface area (Å²) in [6, 6.07) is 0. The molecule has 1 fully saturated rings. The van der Waals surface area contributed by atoms with Crippen LogP contribution in [0.2, 0.25) is 0 Å². The largest absolute Gasteiger partial charge is 0.390 e. The SMILES string of the molecule is CC(C)C(C)(C)N1CC(O)C1. The first-order valence-electron chi connectivity index (χ1n) is 4.37. The van der Waals surface area contributed by atoms with E-state index in [-0.39, 0.29) is 11.6 Å². The van der Waals surface area contributed by atoms with Crippen LogP contribution >= 0.6 is 0 Å². The minimum absolute atomic E-state index is 0.0759. The second-order valence-electron chi connectivity index (χ2n) is 4.37. The average Bonchev–Trinajstić information content (AvgIpc) is 1.80. The Morgan fingerprint density at radius 3 is 2.09 bits per heavy atom. The van der Waals surface area contributed by atoms with Crippen LogP contribution in [0.4, 0.5) is 0 Å². The van der Waals surface area contributed by atoms with E-state index >= 15 is 0 Å². The number of nitrogens with zero attached hydrogens (tertiary/aromatic N) is 1. The van der Waals surface area contributed by atoms with Crippen LogP contribution in [0.3, 0.4) is 0 Å². The van der Waals surface area contributed by atoms with Crippen molar-refractivity contribution in [2.45, 2.75) is 39.3 Å². The van der Waals surface area contributed by atoms with E-state index in [2.05, 4.69) is 32.6 Å². The average molecular weight is 157 g/mol. The van der Waals surface area contributed by atoms with Crippen LogP contribution in [0.25, 0.3) is 0 Å². The monoisotopic (exact) mass is 157 g/mol. The summed E-state index contributed by atoms with van der Waals surface area (Å²) in [7, 11) is 0. The highest BCUT2D eigenvalue weighted by molar-refractivity contribution is 4.92. The Kier molecular flexibility index (Phi) is 2.26. The molecule has 1 saturated heterocycles. The molecule has 0 aliphatic carbocycles. The van der Waals surface area contributed by atoms with Gasteiger partial charge in [-0.2, -0.15) is 0 Å². The molecule has 1 aliphatic rings. The summed E-state index contributed by atoms with van der Waals surface area (Å²) in [5.41, 5.74) is 0.249. The van der Waals surface area contributed by atoms with E-state index in [1.165, 1.54) is 0 Å². The standard InChI is InChI=1S/C9H19NO/c1-7(2)9(3,4)10-5-8(11)6-10/h7-8,11H,5-6H2,1-4H3. The van der Waals surface area contributed by atoms with Crippen LogP contribution < -0.4 is 0 Å². The van der Waals surface area contributed by atoms with Crippen LogP contribution in [0.5, 0.6) is 0 Å². The molecule has 0 aromatic heterocycles. The zero-order chi connectivity index (χ0) is 8.65. The third-order valence-corrected chi connectivity index (χ3v) is 3.09. The minimum atomic E-state index is -0.0759. The number of rotatable bonds is 2. The number of aliphatic hydroxyl groups excluding tert-OH is 1. The molecule has 11 heavy (non-hydrogen) atoms. The number of β-amino-alcohol motifs (C(OH)–C–C–N with tert-alkyl or cyclic N) is 1. The van der Waals surface area contributed by atoms with E-state index in [1.54, 1.807) is 0 Å². The molecule has 0 aromatic rings. The van der Waals surface area contributed by atoms with E-state index in [4.69, 9.17) is 5.11 Å². The molecular formula is C9H19NO. The van der Waals surface area contributed by atoms with Crippen LogP contribution in [0, 0.1) is 5.92 Å². The van der Waals surface area contributed by atoms with Crippen molar-refractivity contribution in [2.24, 2.45) is 5.92 Å². The van der Waals surface area contributed by atoms with Crippen molar-refractivity contribution >= 4 is 0 Å². The lowest BCUT2D eigenvalue weighted by Crippen LogP contribution is -2.61. The van der Waals surface area contributed by atoms with Crippen molar-refractivity contribution in [1.82, 2.24) is 4.90 Å². The predicted molar refractivity (Wildman–Crippen MR) is 46.5 cm³/mol. The molecule has 2 nitrogen and oxygen atoms in total. The third-order valence-electron chi connectivity index (χ3n) is 3.09. The first kappa shape index (κ1) is 9.01. The topological polar surface area (TPSA) is 23.5 Å². The lowest BCUT2D eigenvalue weighted by atomic mass is 9.86. The van der Waals surface area contributed by atoms with E-state index in [0.717, 1.165) is 13.1 Å². The lowest BCUT2D eigenvalue weighted by Gasteiger charge is -2.49. The maximum atomic E-state index is 9.12. The van der Waals surface area contributed by atoms with Crippen molar-refractivity contribution in [3.05, 3.63) is 0 Å². The van der Waals surface area contributed by atoms with Gasteiger partial charge in [0.1, 0.15) is 0 Å². The molecule has 0 amide bonds. The predicted octanol–water partition coefficient (Wildman–Crippen LogP) is 1.10. The first-order chi connectivity index (χ1) is 4.94. The molecule has 0 unspecified atom stereocenters. The summed E-state index contributed by atoms with van der Waals surface area (Å²) in [5, 5.41) is 9.12. The minimum Gasteiger partial charge on any atom is -0.390 e. The van der Waals surface area contributed by atoms with Gasteiger partial charge in [-0.15, -0.1) is 0 Å². The van der Waals surface area contributed by atoms with Crippen LogP contribution in [0.1, 0.15) is 27.7 Å². The number of hydrogen-bond donors (Lipinski definition) is 1. The lowest BCUT2D eigenvalue weighted by molar-refractivity contribution is -0.0707. The summed E-state index contributed by atoms with van der Waals surface area (Å²) in [4.78, 5) is 2.34. The Hall–Kier alpha value is -0.0800. The van der Waals surface area contributed by atoms with Gasteiger partial charge in [0.15, 0.2) is 0 Å². The molecule has 0 aromatic carbocycles. The fourth-order valence-electron chi connectivity index (χ4n) is 1.29. The summed E-state index contributed by atoms with van der Waals surface area (Å²) >= 11 is 0. The molecule has 66 valence electrons. The second kappa shape index (κ2) is 2.76. The van der Waals surface area contributed by atoms with Gasteiger partial charge in [0.2, 0.25) is 0 Å². The number of hydrogen-bond acceptors (Lipinski definition) is 2. The summed E-state index contributed by atoms with van der Waals surface area (Å²) < 4.78 is 0. The molecule has 0 bridgehead atoms. The Bertz CT molecular complexity index is 136.